The van der Waals surface area contributed by atoms with Crippen molar-refractivity contribution in [2.45, 2.75) is 57.9 Å². The van der Waals surface area contributed by atoms with E-state index in [9.17, 15) is 9.59 Å². The van der Waals surface area contributed by atoms with Gasteiger partial charge in [-0.15, -0.1) is 0 Å². The van der Waals surface area contributed by atoms with Gasteiger partial charge < -0.3 is 16.2 Å². The number of hydrogen-bond donors (Lipinski definition) is 3. The molecule has 4 N–H and O–H groups in total. The van der Waals surface area contributed by atoms with Crippen LogP contribution in [0.15, 0.2) is 0 Å². The van der Waals surface area contributed by atoms with Gasteiger partial charge in [0.15, 0.2) is 0 Å². The molecule has 0 aliphatic rings. The number of rotatable bonds is 10. The predicted molar refractivity (Wildman–Crippen MR) is 66.6 cm³/mol. The molecular formula is C12H24N2O3. The van der Waals surface area contributed by atoms with Crippen LogP contribution in [0.4, 0.5) is 0 Å². The van der Waals surface area contributed by atoms with E-state index < -0.39 is 12.0 Å². The van der Waals surface area contributed by atoms with Gasteiger partial charge in [0.05, 0.1) is 0 Å². The molecule has 0 saturated heterocycles. The van der Waals surface area contributed by atoms with Gasteiger partial charge in [0.2, 0.25) is 5.91 Å². The minimum atomic E-state index is -0.946. The number of amides is 1. The standard InChI is InChI=1S/C12H24N2O3/c1-2-3-8-11(15)14-9-6-4-5-7-10(13)12(16)17/h10H,2-9,13H2,1H3,(H,14,15)(H,16,17)/t10-/m0/s1. The summed E-state index contributed by atoms with van der Waals surface area (Å²) in [5.74, 6) is -0.841. The second-order valence-corrected chi connectivity index (χ2v) is 4.25. The predicted octanol–water partition coefficient (Wildman–Crippen LogP) is 1.27. The third-order valence-corrected chi connectivity index (χ3v) is 2.59. The van der Waals surface area contributed by atoms with Crippen molar-refractivity contribution in [2.24, 2.45) is 5.73 Å². The lowest BCUT2D eigenvalue weighted by molar-refractivity contribution is -0.138. The van der Waals surface area contributed by atoms with Crippen molar-refractivity contribution in [1.29, 1.82) is 0 Å². The summed E-state index contributed by atoms with van der Waals surface area (Å²) in [6.07, 6.45) is 5.62. The van der Waals surface area contributed by atoms with Crippen molar-refractivity contribution in [3.63, 3.8) is 0 Å². The Bertz CT molecular complexity index is 232. The molecule has 0 radical (unpaired) electrons. The first-order chi connectivity index (χ1) is 8.07. The Hall–Kier alpha value is -1.10. The molecule has 0 aromatic heterocycles. The molecule has 0 saturated carbocycles. The molecule has 5 heteroatoms. The van der Waals surface area contributed by atoms with Gasteiger partial charge in [-0.1, -0.05) is 26.2 Å². The zero-order valence-corrected chi connectivity index (χ0v) is 10.6. The summed E-state index contributed by atoms with van der Waals surface area (Å²) in [7, 11) is 0. The highest BCUT2D eigenvalue weighted by atomic mass is 16.4. The summed E-state index contributed by atoms with van der Waals surface area (Å²) < 4.78 is 0. The molecule has 0 aliphatic heterocycles. The van der Waals surface area contributed by atoms with Crippen molar-refractivity contribution < 1.29 is 14.7 Å². The van der Waals surface area contributed by atoms with Crippen molar-refractivity contribution in [3.8, 4) is 0 Å². The van der Waals surface area contributed by atoms with Crippen LogP contribution < -0.4 is 11.1 Å². The van der Waals surface area contributed by atoms with E-state index >= 15 is 0 Å². The molecule has 0 aliphatic carbocycles. The third-order valence-electron chi connectivity index (χ3n) is 2.59. The Morgan fingerprint density at radius 2 is 1.94 bits per heavy atom. The van der Waals surface area contributed by atoms with Crippen molar-refractivity contribution in [1.82, 2.24) is 5.32 Å². The highest BCUT2D eigenvalue weighted by molar-refractivity contribution is 5.75. The molecule has 0 aromatic carbocycles. The van der Waals surface area contributed by atoms with E-state index in [1.807, 2.05) is 0 Å². The zero-order valence-electron chi connectivity index (χ0n) is 10.6. The molecule has 1 atom stereocenters. The number of nitrogens with two attached hydrogens (primary N) is 1. The first-order valence-electron chi connectivity index (χ1n) is 6.33. The van der Waals surface area contributed by atoms with Gasteiger partial charge in [0.1, 0.15) is 6.04 Å². The number of unbranched alkanes of at least 4 members (excludes halogenated alkanes) is 3. The van der Waals surface area contributed by atoms with E-state index in [-0.39, 0.29) is 5.91 Å². The lowest BCUT2D eigenvalue weighted by Gasteiger charge is -2.06. The number of carbonyl (C=O) groups excluding carboxylic acids is 1. The first kappa shape index (κ1) is 15.9. The molecular weight excluding hydrogens is 220 g/mol. The maximum Gasteiger partial charge on any atom is 0.320 e. The van der Waals surface area contributed by atoms with Crippen LogP contribution in [-0.2, 0) is 9.59 Å². The number of nitrogens with one attached hydrogen (secondary N) is 1. The molecule has 0 unspecified atom stereocenters. The van der Waals surface area contributed by atoms with Gasteiger partial charge in [-0.25, -0.2) is 0 Å². The monoisotopic (exact) mass is 244 g/mol. The van der Waals surface area contributed by atoms with E-state index in [0.717, 1.165) is 32.1 Å². The summed E-state index contributed by atoms with van der Waals surface area (Å²) in [4.78, 5) is 21.7. The first-order valence-corrected chi connectivity index (χ1v) is 6.33. The van der Waals surface area contributed by atoms with Gasteiger partial charge in [-0.3, -0.25) is 9.59 Å². The Morgan fingerprint density at radius 3 is 2.53 bits per heavy atom. The summed E-state index contributed by atoms with van der Waals surface area (Å²) in [6.45, 7) is 2.73. The average molecular weight is 244 g/mol. The van der Waals surface area contributed by atoms with Crippen LogP contribution in [0, 0.1) is 0 Å². The largest absolute Gasteiger partial charge is 0.480 e. The van der Waals surface area contributed by atoms with Gasteiger partial charge in [-0.05, 0) is 19.3 Å². The molecule has 100 valence electrons. The lowest BCUT2D eigenvalue weighted by atomic mass is 10.1. The van der Waals surface area contributed by atoms with Crippen LogP contribution in [0.3, 0.4) is 0 Å². The summed E-state index contributed by atoms with van der Waals surface area (Å²) >= 11 is 0. The molecule has 0 fully saturated rings. The van der Waals surface area contributed by atoms with Crippen LogP contribution in [-0.4, -0.2) is 29.6 Å². The van der Waals surface area contributed by atoms with Gasteiger partial charge in [0, 0.05) is 13.0 Å². The highest BCUT2D eigenvalue weighted by Crippen LogP contribution is 2.02. The van der Waals surface area contributed by atoms with Crippen LogP contribution >= 0.6 is 0 Å². The third kappa shape index (κ3) is 9.81. The summed E-state index contributed by atoms with van der Waals surface area (Å²) in [6, 6.07) is -0.755. The maximum absolute atomic E-state index is 11.2. The minimum Gasteiger partial charge on any atom is -0.480 e. The van der Waals surface area contributed by atoms with Gasteiger partial charge in [0.25, 0.3) is 0 Å². The summed E-state index contributed by atoms with van der Waals surface area (Å²) in [5, 5.41) is 11.4. The van der Waals surface area contributed by atoms with Crippen LogP contribution in [0.1, 0.15) is 51.9 Å². The average Bonchev–Trinajstić information content (AvgIpc) is 2.30. The highest BCUT2D eigenvalue weighted by Gasteiger charge is 2.09. The number of hydrogen-bond acceptors (Lipinski definition) is 3. The lowest BCUT2D eigenvalue weighted by Crippen LogP contribution is -2.29. The van der Waals surface area contributed by atoms with E-state index in [2.05, 4.69) is 12.2 Å². The Balaban J connectivity index is 3.29. The van der Waals surface area contributed by atoms with E-state index in [0.29, 0.717) is 19.4 Å². The number of carboxylic acids is 1. The fourth-order valence-electron chi connectivity index (χ4n) is 1.44. The van der Waals surface area contributed by atoms with Crippen LogP contribution in [0.2, 0.25) is 0 Å². The van der Waals surface area contributed by atoms with Crippen LogP contribution in [0.25, 0.3) is 0 Å². The molecule has 0 heterocycles. The second-order valence-electron chi connectivity index (χ2n) is 4.25. The number of carboxylic acid groups (broad SMARTS) is 1. The maximum atomic E-state index is 11.2. The Kier molecular flexibility index (Phi) is 9.43. The quantitative estimate of drug-likeness (QED) is 0.504. The molecule has 0 rings (SSSR count). The number of aliphatic carboxylic acids is 1. The molecule has 0 spiro atoms. The Morgan fingerprint density at radius 1 is 1.24 bits per heavy atom. The van der Waals surface area contributed by atoms with Crippen LogP contribution in [0.5, 0.6) is 0 Å². The molecule has 17 heavy (non-hydrogen) atoms. The molecule has 0 aromatic rings. The fraction of sp³-hybridized carbons (Fsp3) is 0.833. The minimum absolute atomic E-state index is 0.106. The molecule has 1 amide bonds. The Labute approximate surface area is 103 Å². The SMILES string of the molecule is CCCCC(=O)NCCCCC[C@H](N)C(=O)O. The van der Waals surface area contributed by atoms with Crippen molar-refractivity contribution in [2.75, 3.05) is 6.54 Å². The summed E-state index contributed by atoms with van der Waals surface area (Å²) in [5.41, 5.74) is 5.37. The smallest absolute Gasteiger partial charge is 0.320 e. The van der Waals surface area contributed by atoms with Crippen molar-refractivity contribution in [3.05, 3.63) is 0 Å². The molecule has 5 nitrogen and oxygen atoms in total. The normalized spacial score (nSPS) is 12.1. The van der Waals surface area contributed by atoms with Gasteiger partial charge in [-0.2, -0.15) is 0 Å². The van der Waals surface area contributed by atoms with E-state index in [1.165, 1.54) is 0 Å². The van der Waals surface area contributed by atoms with Crippen molar-refractivity contribution >= 4 is 11.9 Å². The van der Waals surface area contributed by atoms with Gasteiger partial charge >= 0.3 is 5.97 Å². The fourth-order valence-corrected chi connectivity index (χ4v) is 1.44. The topological polar surface area (TPSA) is 92.4 Å². The molecule has 0 bridgehead atoms. The van der Waals surface area contributed by atoms with E-state index in [1.54, 1.807) is 0 Å². The second kappa shape index (κ2) is 10.1. The zero-order chi connectivity index (χ0) is 13.1. The van der Waals surface area contributed by atoms with E-state index in [4.69, 9.17) is 10.8 Å². The number of carbonyl (C=O) groups is 2.